The lowest BCUT2D eigenvalue weighted by atomic mass is 9.96. The van der Waals surface area contributed by atoms with E-state index in [0.717, 1.165) is 5.57 Å². The maximum atomic E-state index is 11.5. The molecule has 0 aromatic carbocycles. The van der Waals surface area contributed by atoms with Crippen LogP contribution in [-0.2, 0) is 14.3 Å². The molecule has 1 fully saturated rings. The molecule has 0 unspecified atom stereocenters. The lowest BCUT2D eigenvalue weighted by molar-refractivity contribution is -0.150. The summed E-state index contributed by atoms with van der Waals surface area (Å²) in [5.41, 5.74) is 6.65. The van der Waals surface area contributed by atoms with Gasteiger partial charge in [0.25, 0.3) is 0 Å². The quantitative estimate of drug-likeness (QED) is 0.372. The number of ether oxygens (including phenoxy) is 1. The maximum Gasteiger partial charge on any atom is 0.355 e. The van der Waals surface area contributed by atoms with Crippen molar-refractivity contribution >= 4 is 24.5 Å². The van der Waals surface area contributed by atoms with Crippen LogP contribution >= 0.6 is 12.6 Å². The Bertz CT molecular complexity index is 366. The summed E-state index contributed by atoms with van der Waals surface area (Å²) in [7, 11) is 0. The van der Waals surface area contributed by atoms with Gasteiger partial charge in [0.2, 0.25) is 5.91 Å². The molecule has 5 nitrogen and oxygen atoms in total. The SMILES string of the molecule is C[C@@H]1[C@H](N)C(=O)N1C1=C(CS)COC1=O. The van der Waals surface area contributed by atoms with Gasteiger partial charge in [0.1, 0.15) is 18.3 Å². The highest BCUT2D eigenvalue weighted by Gasteiger charge is 2.48. The fraction of sp³-hybridized carbons (Fsp3) is 0.556. The Morgan fingerprint density at radius 2 is 2.27 bits per heavy atom. The first-order valence-corrected chi connectivity index (χ1v) is 5.29. The van der Waals surface area contributed by atoms with Crippen LogP contribution in [0.2, 0.25) is 0 Å². The predicted molar refractivity (Wildman–Crippen MR) is 56.1 cm³/mol. The lowest BCUT2D eigenvalue weighted by Gasteiger charge is -2.43. The van der Waals surface area contributed by atoms with E-state index in [9.17, 15) is 9.59 Å². The third kappa shape index (κ3) is 1.36. The van der Waals surface area contributed by atoms with E-state index in [0.29, 0.717) is 11.4 Å². The summed E-state index contributed by atoms with van der Waals surface area (Å²) in [6.07, 6.45) is 0. The Kier molecular flexibility index (Phi) is 2.47. The molecule has 6 heteroatoms. The van der Waals surface area contributed by atoms with Crippen molar-refractivity contribution in [2.24, 2.45) is 5.73 Å². The smallest absolute Gasteiger partial charge is 0.355 e. The average molecular weight is 228 g/mol. The molecule has 0 radical (unpaired) electrons. The van der Waals surface area contributed by atoms with E-state index in [4.69, 9.17) is 10.5 Å². The fourth-order valence-corrected chi connectivity index (χ4v) is 2.02. The van der Waals surface area contributed by atoms with E-state index in [-0.39, 0.29) is 18.6 Å². The molecule has 0 aromatic rings. The van der Waals surface area contributed by atoms with Crippen LogP contribution in [0.5, 0.6) is 0 Å². The molecular weight excluding hydrogens is 216 g/mol. The van der Waals surface area contributed by atoms with Crippen LogP contribution < -0.4 is 5.73 Å². The third-order valence-corrected chi connectivity index (χ3v) is 3.17. The lowest BCUT2D eigenvalue weighted by Crippen LogP contribution is -2.67. The van der Waals surface area contributed by atoms with Crippen molar-refractivity contribution in [3.63, 3.8) is 0 Å². The number of hydrogen-bond acceptors (Lipinski definition) is 5. The van der Waals surface area contributed by atoms with Crippen molar-refractivity contribution in [3.05, 3.63) is 11.3 Å². The number of thiol groups is 1. The van der Waals surface area contributed by atoms with E-state index >= 15 is 0 Å². The van der Waals surface area contributed by atoms with Crippen LogP contribution in [0.3, 0.4) is 0 Å². The number of carbonyl (C=O) groups excluding carboxylic acids is 2. The Morgan fingerprint density at radius 3 is 2.80 bits per heavy atom. The molecule has 0 bridgehead atoms. The first-order valence-electron chi connectivity index (χ1n) is 4.66. The number of likely N-dealkylation sites (tertiary alicyclic amines) is 1. The van der Waals surface area contributed by atoms with E-state index in [1.807, 2.05) is 0 Å². The number of amides is 1. The summed E-state index contributed by atoms with van der Waals surface area (Å²) < 4.78 is 4.86. The number of nitrogens with zero attached hydrogens (tertiary/aromatic N) is 1. The van der Waals surface area contributed by atoms with Gasteiger partial charge < -0.3 is 10.5 Å². The summed E-state index contributed by atoms with van der Waals surface area (Å²) in [5.74, 6) is -0.269. The van der Waals surface area contributed by atoms with Crippen molar-refractivity contribution in [2.75, 3.05) is 12.4 Å². The largest absolute Gasteiger partial charge is 0.456 e. The molecule has 1 amide bonds. The first kappa shape index (κ1) is 10.5. The van der Waals surface area contributed by atoms with E-state index in [1.165, 1.54) is 4.90 Å². The summed E-state index contributed by atoms with van der Waals surface area (Å²) in [4.78, 5) is 24.3. The zero-order chi connectivity index (χ0) is 11.2. The number of rotatable bonds is 2. The predicted octanol–water partition coefficient (Wildman–Crippen LogP) is -0.715. The monoisotopic (exact) mass is 228 g/mol. The van der Waals surface area contributed by atoms with E-state index < -0.39 is 12.0 Å². The van der Waals surface area contributed by atoms with Gasteiger partial charge in [-0.25, -0.2) is 4.79 Å². The molecule has 0 saturated carbocycles. The van der Waals surface area contributed by atoms with Gasteiger partial charge in [-0.05, 0) is 6.92 Å². The highest BCUT2D eigenvalue weighted by Crippen LogP contribution is 2.29. The van der Waals surface area contributed by atoms with Crippen molar-refractivity contribution in [1.29, 1.82) is 0 Å². The van der Waals surface area contributed by atoms with Gasteiger partial charge in [-0.3, -0.25) is 9.69 Å². The standard InChI is InChI=1S/C9H12N2O3S/c1-4-6(10)8(12)11(4)7-5(3-15)2-14-9(7)13/h4,6,15H,2-3,10H2,1H3/t4-,6+/m1/s1. The molecule has 0 aliphatic carbocycles. The van der Waals surface area contributed by atoms with E-state index in [1.54, 1.807) is 6.92 Å². The van der Waals surface area contributed by atoms with Crippen molar-refractivity contribution in [1.82, 2.24) is 4.90 Å². The number of esters is 1. The van der Waals surface area contributed by atoms with Crippen molar-refractivity contribution < 1.29 is 14.3 Å². The average Bonchev–Trinajstić information content (AvgIpc) is 2.60. The molecule has 82 valence electrons. The van der Waals surface area contributed by atoms with Gasteiger partial charge in [-0.1, -0.05) is 0 Å². The summed E-state index contributed by atoms with van der Waals surface area (Å²) >= 11 is 4.10. The Morgan fingerprint density at radius 1 is 1.60 bits per heavy atom. The zero-order valence-electron chi connectivity index (χ0n) is 8.27. The summed E-state index contributed by atoms with van der Waals surface area (Å²) in [6, 6.07) is -0.653. The third-order valence-electron chi connectivity index (χ3n) is 2.79. The summed E-state index contributed by atoms with van der Waals surface area (Å²) in [5, 5.41) is 0. The molecule has 2 rings (SSSR count). The second-order valence-corrected chi connectivity index (χ2v) is 3.98. The molecule has 15 heavy (non-hydrogen) atoms. The number of carbonyl (C=O) groups is 2. The van der Waals surface area contributed by atoms with Gasteiger partial charge in [0.05, 0.1) is 6.04 Å². The van der Waals surface area contributed by atoms with Crippen LogP contribution in [0.15, 0.2) is 11.3 Å². The second-order valence-electron chi connectivity index (χ2n) is 3.66. The molecule has 0 aromatic heterocycles. The zero-order valence-corrected chi connectivity index (χ0v) is 9.16. The number of hydrogen-bond donors (Lipinski definition) is 2. The second kappa shape index (κ2) is 3.53. The minimum absolute atomic E-state index is 0.145. The molecule has 1 saturated heterocycles. The first-order chi connectivity index (χ1) is 7.07. The van der Waals surface area contributed by atoms with E-state index in [2.05, 4.69) is 12.6 Å². The molecule has 2 aliphatic heterocycles. The van der Waals surface area contributed by atoms with Gasteiger partial charge >= 0.3 is 5.97 Å². The minimum atomic E-state index is -0.507. The highest BCUT2D eigenvalue weighted by atomic mass is 32.1. The Labute approximate surface area is 92.6 Å². The minimum Gasteiger partial charge on any atom is -0.456 e. The molecule has 2 aliphatic rings. The highest BCUT2D eigenvalue weighted by molar-refractivity contribution is 7.80. The maximum absolute atomic E-state index is 11.5. The number of cyclic esters (lactones) is 1. The van der Waals surface area contributed by atoms with Crippen LogP contribution in [-0.4, -0.2) is 41.2 Å². The van der Waals surface area contributed by atoms with Crippen LogP contribution in [0.4, 0.5) is 0 Å². The molecule has 0 spiro atoms. The van der Waals surface area contributed by atoms with Crippen LogP contribution in [0, 0.1) is 0 Å². The van der Waals surface area contributed by atoms with Crippen LogP contribution in [0.1, 0.15) is 6.92 Å². The number of β-lactam (4-membered cyclic amide) rings is 1. The van der Waals surface area contributed by atoms with Gasteiger partial charge in [-0.15, -0.1) is 0 Å². The Hall–Kier alpha value is -1.01. The van der Waals surface area contributed by atoms with Crippen molar-refractivity contribution in [3.8, 4) is 0 Å². The Balaban J connectivity index is 2.30. The summed E-state index contributed by atoms with van der Waals surface area (Å²) in [6.45, 7) is 2.03. The molecule has 2 heterocycles. The van der Waals surface area contributed by atoms with Gasteiger partial charge in [0.15, 0.2) is 0 Å². The topological polar surface area (TPSA) is 72.6 Å². The van der Waals surface area contributed by atoms with Gasteiger partial charge in [0, 0.05) is 11.3 Å². The normalized spacial score (nSPS) is 30.7. The van der Waals surface area contributed by atoms with Crippen LogP contribution in [0.25, 0.3) is 0 Å². The molecular formula is C9H12N2O3S. The fourth-order valence-electron chi connectivity index (χ4n) is 1.78. The van der Waals surface area contributed by atoms with Gasteiger partial charge in [-0.2, -0.15) is 12.6 Å². The van der Waals surface area contributed by atoms with Crippen molar-refractivity contribution in [2.45, 2.75) is 19.0 Å². The molecule has 2 N–H and O–H groups in total. The molecule has 2 atom stereocenters. The number of nitrogens with two attached hydrogens (primary N) is 1.